The fourth-order valence-corrected chi connectivity index (χ4v) is 3.33. The normalized spacial score (nSPS) is 18.8. The smallest absolute Gasteiger partial charge is 0.133 e. The predicted octanol–water partition coefficient (Wildman–Crippen LogP) is 5.26. The van der Waals surface area contributed by atoms with Crippen LogP contribution in [-0.2, 0) is 4.79 Å². The molecule has 2 nitrogen and oxygen atoms in total. The van der Waals surface area contributed by atoms with E-state index in [9.17, 15) is 4.79 Å². The van der Waals surface area contributed by atoms with E-state index in [1.54, 1.807) is 0 Å². The van der Waals surface area contributed by atoms with Crippen molar-refractivity contribution in [2.24, 2.45) is 5.92 Å². The summed E-state index contributed by atoms with van der Waals surface area (Å²) >= 11 is 0. The van der Waals surface area contributed by atoms with Gasteiger partial charge >= 0.3 is 0 Å². The number of ketones is 1. The third-order valence-electron chi connectivity index (χ3n) is 4.72. The molecule has 1 unspecified atom stereocenters. The second kappa shape index (κ2) is 13.3. The number of rotatable bonds is 13. The average Bonchev–Trinajstić information content (AvgIpc) is 2.50. The van der Waals surface area contributed by atoms with Crippen molar-refractivity contribution in [1.82, 2.24) is 5.32 Å². The number of unbranched alkanes of at least 4 members (excludes halogenated alkanes) is 9. The van der Waals surface area contributed by atoms with E-state index < -0.39 is 0 Å². The molecule has 0 spiro atoms. The van der Waals surface area contributed by atoms with Crippen molar-refractivity contribution >= 4 is 5.78 Å². The Hall–Kier alpha value is -0.370. The van der Waals surface area contributed by atoms with Gasteiger partial charge in [-0.2, -0.15) is 0 Å². The summed E-state index contributed by atoms with van der Waals surface area (Å²) < 4.78 is 0. The third kappa shape index (κ3) is 10.9. The van der Waals surface area contributed by atoms with Gasteiger partial charge in [-0.3, -0.25) is 4.79 Å². The van der Waals surface area contributed by atoms with E-state index in [-0.39, 0.29) is 0 Å². The molecule has 0 aromatic carbocycles. The Kier molecular flexibility index (Phi) is 11.8. The van der Waals surface area contributed by atoms with Crippen LogP contribution < -0.4 is 5.32 Å². The SMILES string of the molecule is CCCCCCCCCCCCC(=O)CC1CCCNC1. The first-order chi connectivity index (χ1) is 10.3. The summed E-state index contributed by atoms with van der Waals surface area (Å²) in [7, 11) is 0. The number of hydrogen-bond acceptors (Lipinski definition) is 2. The number of carbonyl (C=O) groups is 1. The van der Waals surface area contributed by atoms with E-state index in [0.717, 1.165) is 32.4 Å². The molecule has 0 bridgehead atoms. The highest BCUT2D eigenvalue weighted by Gasteiger charge is 2.16. The van der Waals surface area contributed by atoms with Crippen LogP contribution >= 0.6 is 0 Å². The first-order valence-electron chi connectivity index (χ1n) is 9.55. The summed E-state index contributed by atoms with van der Waals surface area (Å²) in [5, 5.41) is 3.40. The van der Waals surface area contributed by atoms with Crippen molar-refractivity contribution in [3.63, 3.8) is 0 Å². The third-order valence-corrected chi connectivity index (χ3v) is 4.72. The van der Waals surface area contributed by atoms with Crippen LogP contribution in [0.15, 0.2) is 0 Å². The van der Waals surface area contributed by atoms with Crippen LogP contribution in [0.25, 0.3) is 0 Å². The lowest BCUT2D eigenvalue weighted by Crippen LogP contribution is -2.31. The molecular weight excluding hydrogens is 258 g/mol. The van der Waals surface area contributed by atoms with Crippen LogP contribution in [0.5, 0.6) is 0 Å². The zero-order valence-electron chi connectivity index (χ0n) is 14.3. The molecule has 0 amide bonds. The molecule has 1 saturated heterocycles. The Morgan fingerprint density at radius 3 is 2.14 bits per heavy atom. The van der Waals surface area contributed by atoms with Crippen LogP contribution in [-0.4, -0.2) is 18.9 Å². The van der Waals surface area contributed by atoms with Crippen LogP contribution in [0, 0.1) is 5.92 Å². The van der Waals surface area contributed by atoms with Crippen molar-refractivity contribution in [2.75, 3.05) is 13.1 Å². The van der Waals surface area contributed by atoms with E-state index in [0.29, 0.717) is 11.7 Å². The highest BCUT2D eigenvalue weighted by Crippen LogP contribution is 2.17. The molecule has 124 valence electrons. The minimum absolute atomic E-state index is 0.503. The molecule has 0 saturated carbocycles. The number of nitrogens with one attached hydrogen (secondary N) is 1. The summed E-state index contributed by atoms with van der Waals surface area (Å²) in [5.74, 6) is 1.12. The van der Waals surface area contributed by atoms with E-state index in [1.165, 1.54) is 70.6 Å². The van der Waals surface area contributed by atoms with Crippen molar-refractivity contribution in [3.8, 4) is 0 Å². The van der Waals surface area contributed by atoms with Gasteiger partial charge in [0.05, 0.1) is 0 Å². The molecule has 0 radical (unpaired) electrons. The summed E-state index contributed by atoms with van der Waals surface area (Å²) in [6.07, 6.45) is 17.6. The molecule has 1 N–H and O–H groups in total. The average molecular weight is 296 g/mol. The molecular formula is C19H37NO. The summed E-state index contributed by atoms with van der Waals surface area (Å²) in [6, 6.07) is 0. The Balaban J connectivity index is 1.81. The van der Waals surface area contributed by atoms with Gasteiger partial charge in [0.2, 0.25) is 0 Å². The van der Waals surface area contributed by atoms with Crippen LogP contribution in [0.2, 0.25) is 0 Å². The van der Waals surface area contributed by atoms with Gasteiger partial charge in [-0.25, -0.2) is 0 Å². The Morgan fingerprint density at radius 1 is 0.952 bits per heavy atom. The Morgan fingerprint density at radius 2 is 1.57 bits per heavy atom. The molecule has 1 aliphatic heterocycles. The second-order valence-electron chi connectivity index (χ2n) is 6.89. The fourth-order valence-electron chi connectivity index (χ4n) is 3.33. The zero-order chi connectivity index (χ0) is 15.2. The maximum atomic E-state index is 11.9. The molecule has 1 heterocycles. The quantitative estimate of drug-likeness (QED) is 0.470. The predicted molar refractivity (Wildman–Crippen MR) is 91.7 cm³/mol. The highest BCUT2D eigenvalue weighted by atomic mass is 16.1. The molecule has 1 fully saturated rings. The van der Waals surface area contributed by atoms with Crippen molar-refractivity contribution < 1.29 is 4.79 Å². The molecule has 0 aromatic heterocycles. The van der Waals surface area contributed by atoms with Crippen molar-refractivity contribution in [1.29, 1.82) is 0 Å². The van der Waals surface area contributed by atoms with Gasteiger partial charge in [0.25, 0.3) is 0 Å². The number of piperidine rings is 1. The molecule has 21 heavy (non-hydrogen) atoms. The van der Waals surface area contributed by atoms with Gasteiger partial charge in [0.1, 0.15) is 5.78 Å². The summed E-state index contributed by atoms with van der Waals surface area (Å²) in [4.78, 5) is 11.9. The molecule has 1 rings (SSSR count). The van der Waals surface area contributed by atoms with E-state index in [2.05, 4.69) is 12.2 Å². The minimum Gasteiger partial charge on any atom is -0.316 e. The Bertz CT molecular complexity index is 246. The van der Waals surface area contributed by atoms with Crippen LogP contribution in [0.3, 0.4) is 0 Å². The zero-order valence-corrected chi connectivity index (χ0v) is 14.3. The number of carbonyl (C=O) groups excluding carboxylic acids is 1. The molecule has 0 aromatic rings. The first kappa shape index (κ1) is 18.7. The van der Waals surface area contributed by atoms with Gasteiger partial charge in [-0.15, -0.1) is 0 Å². The second-order valence-corrected chi connectivity index (χ2v) is 6.89. The largest absolute Gasteiger partial charge is 0.316 e. The minimum atomic E-state index is 0.503. The van der Waals surface area contributed by atoms with Gasteiger partial charge in [0, 0.05) is 12.8 Å². The van der Waals surface area contributed by atoms with E-state index >= 15 is 0 Å². The molecule has 2 heteroatoms. The van der Waals surface area contributed by atoms with Gasteiger partial charge < -0.3 is 5.32 Å². The molecule has 0 aliphatic carbocycles. The lowest BCUT2D eigenvalue weighted by molar-refractivity contribution is -0.120. The number of hydrogen-bond donors (Lipinski definition) is 1. The first-order valence-corrected chi connectivity index (χ1v) is 9.55. The van der Waals surface area contributed by atoms with E-state index in [4.69, 9.17) is 0 Å². The van der Waals surface area contributed by atoms with Crippen molar-refractivity contribution in [2.45, 2.75) is 96.8 Å². The number of Topliss-reactive ketones (excluding diaryl/α,β-unsaturated/α-hetero) is 1. The van der Waals surface area contributed by atoms with Gasteiger partial charge in [-0.05, 0) is 38.3 Å². The monoisotopic (exact) mass is 295 g/mol. The summed E-state index contributed by atoms with van der Waals surface area (Å²) in [5.41, 5.74) is 0. The van der Waals surface area contributed by atoms with Gasteiger partial charge in [0.15, 0.2) is 0 Å². The highest BCUT2D eigenvalue weighted by molar-refractivity contribution is 5.78. The van der Waals surface area contributed by atoms with Crippen LogP contribution in [0.4, 0.5) is 0 Å². The maximum absolute atomic E-state index is 11.9. The molecule has 1 atom stereocenters. The molecule has 1 aliphatic rings. The van der Waals surface area contributed by atoms with Crippen molar-refractivity contribution in [3.05, 3.63) is 0 Å². The van der Waals surface area contributed by atoms with Gasteiger partial charge in [-0.1, -0.05) is 64.7 Å². The fraction of sp³-hybridized carbons (Fsp3) is 0.947. The Labute approximate surface area is 132 Å². The standard InChI is InChI=1S/C19H37NO/c1-2-3-4-5-6-7-8-9-10-11-14-19(21)16-18-13-12-15-20-17-18/h18,20H,2-17H2,1H3. The lowest BCUT2D eigenvalue weighted by Gasteiger charge is -2.21. The topological polar surface area (TPSA) is 29.1 Å². The van der Waals surface area contributed by atoms with Crippen LogP contribution in [0.1, 0.15) is 96.8 Å². The van der Waals surface area contributed by atoms with E-state index in [1.807, 2.05) is 0 Å². The lowest BCUT2D eigenvalue weighted by atomic mass is 9.92. The maximum Gasteiger partial charge on any atom is 0.133 e. The summed E-state index contributed by atoms with van der Waals surface area (Å²) in [6.45, 7) is 4.47.